The van der Waals surface area contributed by atoms with E-state index in [0.29, 0.717) is 12.5 Å². The summed E-state index contributed by atoms with van der Waals surface area (Å²) >= 11 is 0. The van der Waals surface area contributed by atoms with Crippen molar-refractivity contribution >= 4 is 0 Å². The van der Waals surface area contributed by atoms with Crippen molar-refractivity contribution in [3.63, 3.8) is 0 Å². The summed E-state index contributed by atoms with van der Waals surface area (Å²) in [4.78, 5) is 2.35. The largest absolute Gasteiger partial charge is 0.390 e. The highest BCUT2D eigenvalue weighted by atomic mass is 16.3. The fourth-order valence-electron chi connectivity index (χ4n) is 2.98. The Morgan fingerprint density at radius 3 is 2.80 bits per heavy atom. The molecule has 2 heterocycles. The molecule has 0 aliphatic carbocycles. The fourth-order valence-corrected chi connectivity index (χ4v) is 2.98. The second-order valence-corrected chi connectivity index (χ2v) is 5.54. The van der Waals surface area contributed by atoms with Gasteiger partial charge in [0.05, 0.1) is 12.6 Å². The molecule has 1 saturated heterocycles. The molecular weight excluding hydrogens is 250 g/mol. The Morgan fingerprint density at radius 1 is 1.20 bits per heavy atom. The van der Waals surface area contributed by atoms with Crippen LogP contribution in [0.5, 0.6) is 0 Å². The van der Waals surface area contributed by atoms with Gasteiger partial charge in [-0.2, -0.15) is 5.10 Å². The normalized spacial score (nSPS) is 21.1. The molecule has 3 rings (SSSR count). The molecule has 0 radical (unpaired) electrons. The first-order valence-electron chi connectivity index (χ1n) is 7.24. The number of hydrogen-bond donors (Lipinski definition) is 1. The third-order valence-corrected chi connectivity index (χ3v) is 3.97. The van der Waals surface area contributed by atoms with Gasteiger partial charge < -0.3 is 10.0 Å². The number of hydrogen-bond acceptors (Lipinski definition) is 3. The lowest BCUT2D eigenvalue weighted by atomic mass is 9.99. The second kappa shape index (κ2) is 6.20. The Kier molecular flexibility index (Phi) is 4.14. The van der Waals surface area contributed by atoms with Crippen LogP contribution in [0, 0.1) is 0 Å². The minimum absolute atomic E-state index is 0.357. The quantitative estimate of drug-likeness (QED) is 0.900. The summed E-state index contributed by atoms with van der Waals surface area (Å²) in [5.41, 5.74) is 1.41. The van der Waals surface area contributed by atoms with Crippen LogP contribution in [0.25, 0.3) is 0 Å². The molecule has 0 spiro atoms. The van der Waals surface area contributed by atoms with Gasteiger partial charge in [-0.15, -0.1) is 0 Å². The molecule has 1 fully saturated rings. The molecule has 1 N–H and O–H groups in total. The molecule has 20 heavy (non-hydrogen) atoms. The zero-order valence-corrected chi connectivity index (χ0v) is 11.6. The van der Waals surface area contributed by atoms with Crippen LogP contribution in [-0.4, -0.2) is 45.5 Å². The van der Waals surface area contributed by atoms with Crippen molar-refractivity contribution in [3.8, 4) is 0 Å². The smallest absolute Gasteiger partial charge is 0.0862 e. The van der Waals surface area contributed by atoms with Gasteiger partial charge in [-0.25, -0.2) is 0 Å². The average Bonchev–Trinajstić information content (AvgIpc) is 3.11. The van der Waals surface area contributed by atoms with E-state index >= 15 is 0 Å². The molecular formula is C16H21N3O. The molecule has 106 valence electrons. The number of β-amino-alcohol motifs (C(OH)–C–C–N with tert-alkyl or cyclic N) is 1. The van der Waals surface area contributed by atoms with E-state index in [0.717, 1.165) is 19.6 Å². The van der Waals surface area contributed by atoms with E-state index in [1.165, 1.54) is 12.0 Å². The summed E-state index contributed by atoms with van der Waals surface area (Å²) in [6, 6.07) is 12.6. The van der Waals surface area contributed by atoms with Crippen LogP contribution < -0.4 is 0 Å². The SMILES string of the molecule is O[C@H](CN1CC[C@H](c2ccccc2)C1)Cn1cccn1. The number of likely N-dealkylation sites (tertiary alicyclic amines) is 1. The third kappa shape index (κ3) is 3.26. The average molecular weight is 271 g/mol. The maximum absolute atomic E-state index is 10.1. The van der Waals surface area contributed by atoms with Crippen molar-refractivity contribution < 1.29 is 5.11 Å². The first-order valence-corrected chi connectivity index (χ1v) is 7.24. The van der Waals surface area contributed by atoms with Crippen LogP contribution in [0.15, 0.2) is 48.8 Å². The zero-order valence-electron chi connectivity index (χ0n) is 11.6. The maximum Gasteiger partial charge on any atom is 0.0862 e. The highest BCUT2D eigenvalue weighted by Gasteiger charge is 2.25. The van der Waals surface area contributed by atoms with Gasteiger partial charge in [-0.3, -0.25) is 4.68 Å². The standard InChI is InChI=1S/C16H21N3O/c20-16(13-19-9-4-8-17-19)12-18-10-7-15(11-18)14-5-2-1-3-6-14/h1-6,8-9,15-16,20H,7,10-13H2/t15-,16+/m0/s1. The van der Waals surface area contributed by atoms with Gasteiger partial charge in [-0.05, 0) is 30.5 Å². The highest BCUT2D eigenvalue weighted by molar-refractivity contribution is 5.20. The van der Waals surface area contributed by atoms with Gasteiger partial charge in [0.2, 0.25) is 0 Å². The molecule has 4 heteroatoms. The van der Waals surface area contributed by atoms with E-state index in [4.69, 9.17) is 0 Å². The van der Waals surface area contributed by atoms with Gasteiger partial charge in [0.15, 0.2) is 0 Å². The lowest BCUT2D eigenvalue weighted by Crippen LogP contribution is -2.33. The van der Waals surface area contributed by atoms with Gasteiger partial charge in [0.25, 0.3) is 0 Å². The topological polar surface area (TPSA) is 41.3 Å². The molecule has 1 aliphatic heterocycles. The van der Waals surface area contributed by atoms with Gasteiger partial charge in [0, 0.05) is 25.5 Å². The van der Waals surface area contributed by atoms with Crippen molar-refractivity contribution in [1.82, 2.24) is 14.7 Å². The summed E-state index contributed by atoms with van der Waals surface area (Å²) in [5.74, 6) is 0.605. The fraction of sp³-hybridized carbons (Fsp3) is 0.438. The number of aromatic nitrogens is 2. The molecule has 2 atom stereocenters. The molecule has 1 aliphatic rings. The Hall–Kier alpha value is -1.65. The number of rotatable bonds is 5. The van der Waals surface area contributed by atoms with Crippen LogP contribution in [0.2, 0.25) is 0 Å². The van der Waals surface area contributed by atoms with Gasteiger partial charge >= 0.3 is 0 Å². The number of benzene rings is 1. The predicted molar refractivity (Wildman–Crippen MR) is 78.5 cm³/mol. The Balaban J connectivity index is 1.50. The third-order valence-electron chi connectivity index (χ3n) is 3.97. The van der Waals surface area contributed by atoms with Crippen molar-refractivity contribution in [3.05, 3.63) is 54.4 Å². The van der Waals surface area contributed by atoms with Crippen molar-refractivity contribution in [2.75, 3.05) is 19.6 Å². The Morgan fingerprint density at radius 2 is 2.05 bits per heavy atom. The maximum atomic E-state index is 10.1. The van der Waals surface area contributed by atoms with E-state index in [2.05, 4.69) is 40.3 Å². The summed E-state index contributed by atoms with van der Waals surface area (Å²) in [6.07, 6.45) is 4.45. The Bertz CT molecular complexity index is 512. The highest BCUT2D eigenvalue weighted by Crippen LogP contribution is 2.26. The molecule has 0 unspecified atom stereocenters. The van der Waals surface area contributed by atoms with E-state index in [9.17, 15) is 5.11 Å². The molecule has 1 aromatic heterocycles. The van der Waals surface area contributed by atoms with Crippen LogP contribution in [-0.2, 0) is 6.54 Å². The van der Waals surface area contributed by atoms with E-state index in [-0.39, 0.29) is 6.10 Å². The molecule has 0 amide bonds. The molecule has 0 saturated carbocycles. The van der Waals surface area contributed by atoms with Crippen molar-refractivity contribution in [2.24, 2.45) is 0 Å². The first-order chi connectivity index (χ1) is 9.81. The van der Waals surface area contributed by atoms with Gasteiger partial charge in [0.1, 0.15) is 0 Å². The molecule has 2 aromatic rings. The summed E-state index contributed by atoms with van der Waals surface area (Å²) in [6.45, 7) is 3.40. The lowest BCUT2D eigenvalue weighted by molar-refractivity contribution is 0.105. The zero-order chi connectivity index (χ0) is 13.8. The van der Waals surface area contributed by atoms with Crippen LogP contribution in [0.4, 0.5) is 0 Å². The van der Waals surface area contributed by atoms with Gasteiger partial charge in [-0.1, -0.05) is 30.3 Å². The minimum atomic E-state index is -0.357. The van der Waals surface area contributed by atoms with E-state index < -0.39 is 0 Å². The number of aliphatic hydroxyl groups excluding tert-OH is 1. The predicted octanol–water partition coefficient (Wildman–Crippen LogP) is 1.73. The van der Waals surface area contributed by atoms with Crippen molar-refractivity contribution in [2.45, 2.75) is 25.0 Å². The van der Waals surface area contributed by atoms with Crippen LogP contribution >= 0.6 is 0 Å². The van der Waals surface area contributed by atoms with E-state index in [1.54, 1.807) is 10.9 Å². The van der Waals surface area contributed by atoms with Crippen molar-refractivity contribution in [1.29, 1.82) is 0 Å². The molecule has 1 aromatic carbocycles. The minimum Gasteiger partial charge on any atom is -0.390 e. The first kappa shape index (κ1) is 13.3. The summed E-state index contributed by atoms with van der Waals surface area (Å²) in [7, 11) is 0. The second-order valence-electron chi connectivity index (χ2n) is 5.54. The van der Waals surface area contributed by atoms with Crippen LogP contribution in [0.1, 0.15) is 17.9 Å². The molecule has 4 nitrogen and oxygen atoms in total. The van der Waals surface area contributed by atoms with E-state index in [1.807, 2.05) is 12.3 Å². The molecule has 0 bridgehead atoms. The lowest BCUT2D eigenvalue weighted by Gasteiger charge is -2.20. The number of nitrogens with zero attached hydrogens (tertiary/aromatic N) is 3. The summed E-state index contributed by atoms with van der Waals surface area (Å²) < 4.78 is 1.79. The number of aliphatic hydroxyl groups is 1. The monoisotopic (exact) mass is 271 g/mol. The summed E-state index contributed by atoms with van der Waals surface area (Å²) in [5, 5.41) is 14.3. The van der Waals surface area contributed by atoms with Crippen LogP contribution in [0.3, 0.4) is 0 Å². The Labute approximate surface area is 119 Å².